The van der Waals surface area contributed by atoms with Crippen molar-refractivity contribution >= 4 is 11.9 Å². The number of hydrogen-bond acceptors (Lipinski definition) is 5. The van der Waals surface area contributed by atoms with Crippen molar-refractivity contribution in [2.45, 2.75) is 20.8 Å². The molecule has 0 bridgehead atoms. The molecule has 1 rings (SSSR count). The number of esters is 2. The van der Waals surface area contributed by atoms with Crippen LogP contribution < -0.4 is 9.47 Å². The normalized spacial score (nSPS) is 11.1. The fourth-order valence-corrected chi connectivity index (χ4v) is 1.33. The maximum Gasteiger partial charge on any atom is 0.338 e. The summed E-state index contributed by atoms with van der Waals surface area (Å²) in [6.07, 6.45) is 1.02. The topological polar surface area (TPSA) is 61.8 Å². The van der Waals surface area contributed by atoms with Crippen molar-refractivity contribution in [3.63, 3.8) is 0 Å². The first-order valence-electron chi connectivity index (χ1n) is 6.61. The SMILES string of the molecule is C=CC(=O)OC(C)=C(C)Oc1ccc(OC(=O)C(=C)C)c(F)c1. The molecule has 0 aromatic heterocycles. The van der Waals surface area contributed by atoms with Crippen LogP contribution in [-0.2, 0) is 14.3 Å². The van der Waals surface area contributed by atoms with Crippen LogP contribution in [0.5, 0.6) is 11.5 Å². The lowest BCUT2D eigenvalue weighted by Gasteiger charge is -2.11. The molecular formula is C17H17FO5. The summed E-state index contributed by atoms with van der Waals surface area (Å²) in [7, 11) is 0. The van der Waals surface area contributed by atoms with E-state index in [4.69, 9.17) is 14.2 Å². The van der Waals surface area contributed by atoms with E-state index in [-0.39, 0.29) is 28.6 Å². The molecule has 6 heteroatoms. The van der Waals surface area contributed by atoms with E-state index in [0.717, 1.165) is 12.1 Å². The van der Waals surface area contributed by atoms with Crippen LogP contribution in [0, 0.1) is 5.82 Å². The molecule has 0 aliphatic carbocycles. The first kappa shape index (κ1) is 18.2. The van der Waals surface area contributed by atoms with Gasteiger partial charge in [-0.1, -0.05) is 13.2 Å². The zero-order valence-corrected chi connectivity index (χ0v) is 13.1. The van der Waals surface area contributed by atoms with Gasteiger partial charge in [0, 0.05) is 17.7 Å². The molecular weight excluding hydrogens is 303 g/mol. The first-order valence-corrected chi connectivity index (χ1v) is 6.61. The summed E-state index contributed by atoms with van der Waals surface area (Å²) in [4.78, 5) is 22.5. The van der Waals surface area contributed by atoms with Crippen molar-refractivity contribution in [3.05, 3.63) is 60.3 Å². The minimum atomic E-state index is -0.773. The third kappa shape index (κ3) is 5.43. The zero-order valence-electron chi connectivity index (χ0n) is 13.1. The number of allylic oxidation sites excluding steroid dienone is 2. The molecule has 0 spiro atoms. The predicted molar refractivity (Wildman–Crippen MR) is 82.1 cm³/mol. The molecule has 1 aromatic rings. The highest BCUT2D eigenvalue weighted by molar-refractivity contribution is 5.88. The number of halogens is 1. The molecule has 122 valence electrons. The number of ether oxygens (including phenoxy) is 3. The second-order valence-corrected chi connectivity index (χ2v) is 4.60. The lowest BCUT2D eigenvalue weighted by Crippen LogP contribution is -2.09. The third-order valence-corrected chi connectivity index (χ3v) is 2.64. The molecule has 0 atom stereocenters. The van der Waals surface area contributed by atoms with Gasteiger partial charge < -0.3 is 14.2 Å². The van der Waals surface area contributed by atoms with E-state index in [1.54, 1.807) is 6.92 Å². The summed E-state index contributed by atoms with van der Waals surface area (Å²) < 4.78 is 29.0. The summed E-state index contributed by atoms with van der Waals surface area (Å²) >= 11 is 0. The maximum atomic E-state index is 13.9. The molecule has 0 N–H and O–H groups in total. The minimum absolute atomic E-state index is 0.156. The lowest BCUT2D eigenvalue weighted by molar-refractivity contribution is -0.134. The molecule has 0 unspecified atom stereocenters. The van der Waals surface area contributed by atoms with E-state index in [2.05, 4.69) is 13.2 Å². The van der Waals surface area contributed by atoms with Crippen LogP contribution in [0.2, 0.25) is 0 Å². The average Bonchev–Trinajstić information content (AvgIpc) is 2.49. The molecule has 0 radical (unpaired) electrons. The van der Waals surface area contributed by atoms with Crippen molar-refractivity contribution in [2.24, 2.45) is 0 Å². The molecule has 0 fully saturated rings. The van der Waals surface area contributed by atoms with Crippen molar-refractivity contribution in [3.8, 4) is 11.5 Å². The summed E-state index contributed by atoms with van der Waals surface area (Å²) in [6, 6.07) is 3.72. The van der Waals surface area contributed by atoms with Gasteiger partial charge in [-0.3, -0.25) is 0 Å². The Morgan fingerprint density at radius 2 is 1.78 bits per heavy atom. The van der Waals surface area contributed by atoms with Crippen molar-refractivity contribution in [1.29, 1.82) is 0 Å². The molecule has 0 aliphatic rings. The second-order valence-electron chi connectivity index (χ2n) is 4.60. The van der Waals surface area contributed by atoms with E-state index < -0.39 is 17.8 Å². The van der Waals surface area contributed by atoms with Crippen molar-refractivity contribution in [2.75, 3.05) is 0 Å². The van der Waals surface area contributed by atoms with Gasteiger partial charge in [-0.15, -0.1) is 0 Å². The fraction of sp³-hybridized carbons (Fsp3) is 0.176. The molecule has 5 nitrogen and oxygen atoms in total. The Balaban J connectivity index is 2.87. The molecule has 0 saturated carbocycles. The smallest absolute Gasteiger partial charge is 0.338 e. The number of carbonyl (C=O) groups excluding carboxylic acids is 2. The van der Waals surface area contributed by atoms with E-state index in [0.29, 0.717) is 0 Å². The van der Waals surface area contributed by atoms with Gasteiger partial charge in [-0.2, -0.15) is 0 Å². The highest BCUT2D eigenvalue weighted by Gasteiger charge is 2.12. The number of rotatable bonds is 6. The van der Waals surface area contributed by atoms with Crippen LogP contribution in [0.4, 0.5) is 4.39 Å². The first-order chi connectivity index (χ1) is 10.7. The van der Waals surface area contributed by atoms with Gasteiger partial charge in [0.2, 0.25) is 0 Å². The molecule has 0 saturated heterocycles. The number of benzene rings is 1. The van der Waals surface area contributed by atoms with Gasteiger partial charge in [-0.05, 0) is 32.9 Å². The lowest BCUT2D eigenvalue weighted by atomic mass is 10.3. The van der Waals surface area contributed by atoms with E-state index in [1.807, 2.05) is 0 Å². The van der Waals surface area contributed by atoms with Crippen LogP contribution >= 0.6 is 0 Å². The Labute approximate surface area is 133 Å². The molecule has 1 aromatic carbocycles. The van der Waals surface area contributed by atoms with Gasteiger partial charge in [0.15, 0.2) is 11.6 Å². The minimum Gasteiger partial charge on any atom is -0.458 e. The summed E-state index contributed by atoms with van der Waals surface area (Å²) in [5.74, 6) is -1.71. The van der Waals surface area contributed by atoms with Gasteiger partial charge >= 0.3 is 11.9 Å². The van der Waals surface area contributed by atoms with Crippen LogP contribution in [-0.4, -0.2) is 11.9 Å². The molecule has 0 heterocycles. The van der Waals surface area contributed by atoms with Crippen LogP contribution in [0.15, 0.2) is 54.5 Å². The molecule has 23 heavy (non-hydrogen) atoms. The Morgan fingerprint density at radius 3 is 2.30 bits per heavy atom. The zero-order chi connectivity index (χ0) is 17.6. The Kier molecular flexibility index (Phi) is 6.26. The Morgan fingerprint density at radius 1 is 1.13 bits per heavy atom. The number of carbonyl (C=O) groups is 2. The average molecular weight is 320 g/mol. The van der Waals surface area contributed by atoms with Crippen LogP contribution in [0.25, 0.3) is 0 Å². The Hall–Kier alpha value is -2.89. The quantitative estimate of drug-likeness (QED) is 0.346. The number of hydrogen-bond donors (Lipinski definition) is 0. The molecule has 0 amide bonds. The standard InChI is InChI=1S/C17H17FO5/c1-6-16(19)22-12(5)11(4)21-13-7-8-15(14(18)9-13)23-17(20)10(2)3/h6-9H,1-2H2,3-5H3. The second kappa shape index (κ2) is 7.93. The van der Waals surface area contributed by atoms with Gasteiger partial charge in [-0.25, -0.2) is 14.0 Å². The maximum absolute atomic E-state index is 13.9. The van der Waals surface area contributed by atoms with E-state index in [9.17, 15) is 14.0 Å². The van der Waals surface area contributed by atoms with Crippen LogP contribution in [0.3, 0.4) is 0 Å². The van der Waals surface area contributed by atoms with Gasteiger partial charge in [0.25, 0.3) is 0 Å². The van der Waals surface area contributed by atoms with Crippen LogP contribution in [0.1, 0.15) is 20.8 Å². The van der Waals surface area contributed by atoms with Crippen molar-refractivity contribution in [1.82, 2.24) is 0 Å². The highest BCUT2D eigenvalue weighted by Crippen LogP contribution is 2.25. The summed E-state index contributed by atoms with van der Waals surface area (Å²) in [5, 5.41) is 0. The van der Waals surface area contributed by atoms with E-state index >= 15 is 0 Å². The summed E-state index contributed by atoms with van der Waals surface area (Å²) in [6.45, 7) is 11.2. The largest absolute Gasteiger partial charge is 0.458 e. The van der Waals surface area contributed by atoms with Crippen molar-refractivity contribution < 1.29 is 28.2 Å². The molecule has 0 aliphatic heterocycles. The van der Waals surface area contributed by atoms with Gasteiger partial charge in [0.05, 0.1) is 0 Å². The Bertz CT molecular complexity index is 688. The highest BCUT2D eigenvalue weighted by atomic mass is 19.1. The fourth-order valence-electron chi connectivity index (χ4n) is 1.33. The predicted octanol–water partition coefficient (Wildman–Crippen LogP) is 3.67. The third-order valence-electron chi connectivity index (χ3n) is 2.64. The van der Waals surface area contributed by atoms with E-state index in [1.165, 1.54) is 26.0 Å². The van der Waals surface area contributed by atoms with Gasteiger partial charge in [0.1, 0.15) is 17.3 Å². The summed E-state index contributed by atoms with van der Waals surface area (Å²) in [5.41, 5.74) is 0.156. The monoisotopic (exact) mass is 320 g/mol.